The van der Waals surface area contributed by atoms with Crippen molar-refractivity contribution in [2.45, 2.75) is 69.7 Å². The normalized spacial score (nSPS) is 15.9. The van der Waals surface area contributed by atoms with Gasteiger partial charge in [-0.05, 0) is 80.1 Å². The molecule has 0 radical (unpaired) electrons. The van der Waals surface area contributed by atoms with Crippen LogP contribution in [-0.2, 0) is 20.4 Å². The second-order valence-electron chi connectivity index (χ2n) is 11.2. The van der Waals surface area contributed by atoms with E-state index in [0.29, 0.717) is 29.6 Å². The first-order chi connectivity index (χ1) is 21.2. The van der Waals surface area contributed by atoms with Crippen LogP contribution in [0.5, 0.6) is 0 Å². The summed E-state index contributed by atoms with van der Waals surface area (Å²) >= 11 is 6.81. The second kappa shape index (κ2) is 23.5. The molecule has 2 fully saturated rings. The molecule has 7 nitrogen and oxygen atoms in total. The number of amides is 1. The summed E-state index contributed by atoms with van der Waals surface area (Å²) in [6.45, 7) is 8.81. The van der Waals surface area contributed by atoms with E-state index in [9.17, 15) is 13.6 Å². The number of unbranched alkanes of at least 4 members (excludes halogenated alkanes) is 1. The molecule has 1 heterocycles. The number of likely N-dealkylation sites (N-methyl/N-ethyl adjacent to an activating group) is 1. The Labute approximate surface area is 272 Å². The van der Waals surface area contributed by atoms with Gasteiger partial charge in [-0.2, -0.15) is 4.33 Å². The average molecular weight is 660 g/mol. The second-order valence-corrected chi connectivity index (χ2v) is 12.4. The van der Waals surface area contributed by atoms with Gasteiger partial charge in [-0.3, -0.25) is 14.1 Å². The van der Waals surface area contributed by atoms with Gasteiger partial charge >= 0.3 is 0 Å². The van der Waals surface area contributed by atoms with Gasteiger partial charge in [0.05, 0.1) is 32.9 Å². The van der Waals surface area contributed by atoms with Crippen molar-refractivity contribution in [1.82, 2.24) is 15.1 Å². The number of hydrogen-bond donors (Lipinski definition) is 2. The smallest absolute Gasteiger partial charge is 0.223 e. The van der Waals surface area contributed by atoms with Crippen LogP contribution in [0.25, 0.3) is 0 Å². The van der Waals surface area contributed by atoms with E-state index in [1.54, 1.807) is 24.3 Å². The number of aliphatic hydroxyl groups is 1. The van der Waals surface area contributed by atoms with E-state index >= 15 is 0 Å². The third kappa shape index (κ3) is 17.6. The van der Waals surface area contributed by atoms with E-state index in [-0.39, 0.29) is 12.4 Å². The molecular formula is C33H52ClF2N3O4S. The van der Waals surface area contributed by atoms with Gasteiger partial charge in [-0.25, -0.2) is 9.28 Å². The number of nitrogens with one attached hydrogen (secondary N) is 1. The Kier molecular flexibility index (Phi) is 21.5. The van der Waals surface area contributed by atoms with E-state index in [4.69, 9.17) is 16.7 Å². The predicted molar refractivity (Wildman–Crippen MR) is 177 cm³/mol. The van der Waals surface area contributed by atoms with Gasteiger partial charge in [0.15, 0.2) is 0 Å². The SMILES string of the molecule is CC1(CC(=O)N2CCN(CCO)CC2)CC1.CCCCC(Cc1cccc(F)c1)NC.CF.COOSc1ccc(Cl)cc1. The number of carbonyl (C=O) groups is 1. The van der Waals surface area contributed by atoms with Gasteiger partial charge in [0.25, 0.3) is 0 Å². The fraction of sp³-hybridized carbons (Fsp3) is 0.606. The van der Waals surface area contributed by atoms with E-state index in [1.165, 1.54) is 38.9 Å². The molecule has 1 aliphatic carbocycles. The highest BCUT2D eigenvalue weighted by Gasteiger charge is 2.40. The summed E-state index contributed by atoms with van der Waals surface area (Å²) in [4.78, 5) is 21.5. The molecule has 1 saturated carbocycles. The molecule has 0 bridgehead atoms. The first kappa shape index (κ1) is 40.2. The van der Waals surface area contributed by atoms with Crippen molar-refractivity contribution in [1.29, 1.82) is 0 Å². The highest BCUT2D eigenvalue weighted by atomic mass is 35.5. The van der Waals surface area contributed by atoms with Crippen LogP contribution in [0.1, 0.15) is 57.9 Å². The predicted octanol–water partition coefficient (Wildman–Crippen LogP) is 6.97. The lowest BCUT2D eigenvalue weighted by molar-refractivity contribution is -0.160. The van der Waals surface area contributed by atoms with Crippen molar-refractivity contribution >= 4 is 29.6 Å². The van der Waals surface area contributed by atoms with Gasteiger partial charge in [-0.15, -0.1) is 0 Å². The third-order valence-electron chi connectivity index (χ3n) is 7.52. The summed E-state index contributed by atoms with van der Waals surface area (Å²) in [6.07, 6.45) is 7.65. The zero-order chi connectivity index (χ0) is 32.8. The fourth-order valence-corrected chi connectivity index (χ4v) is 5.06. The standard InChI is InChI=1S/C13H20FN.C12H22N2O2.C7H7ClO2S.CH3F/c1-3-4-8-13(15-2)10-11-6-5-7-12(14)9-11;1-12(2-3-12)10-11(16)14-6-4-13(5-7-14)8-9-15;1-9-10-11-7-4-2-6(8)3-5-7;1-2/h5-7,9,13,15H,3-4,8,10H2,1-2H3;15H,2-10H2,1H3;2-5H,1H3;1H3. The van der Waals surface area contributed by atoms with Crippen molar-refractivity contribution in [2.75, 3.05) is 60.7 Å². The average Bonchev–Trinajstić information content (AvgIpc) is 3.77. The monoisotopic (exact) mass is 659 g/mol. The number of nitrogens with zero attached hydrogens (tertiary/aromatic N) is 2. The van der Waals surface area contributed by atoms with Crippen molar-refractivity contribution in [2.24, 2.45) is 5.41 Å². The van der Waals surface area contributed by atoms with Crippen LogP contribution < -0.4 is 5.32 Å². The van der Waals surface area contributed by atoms with E-state index in [1.807, 2.05) is 30.1 Å². The Hall–Kier alpha value is -1.79. The molecule has 1 saturated heterocycles. The highest BCUT2D eigenvalue weighted by Crippen LogP contribution is 2.48. The highest BCUT2D eigenvalue weighted by molar-refractivity contribution is 7.94. The first-order valence-corrected chi connectivity index (χ1v) is 16.4. The molecule has 1 atom stereocenters. The molecule has 1 aliphatic heterocycles. The number of halogens is 3. The summed E-state index contributed by atoms with van der Waals surface area (Å²) in [6, 6.07) is 14.6. The van der Waals surface area contributed by atoms with Crippen molar-refractivity contribution in [3.05, 3.63) is 64.9 Å². The summed E-state index contributed by atoms with van der Waals surface area (Å²) < 4.78 is 27.1. The molecule has 1 unspecified atom stereocenters. The van der Waals surface area contributed by atoms with Crippen molar-refractivity contribution < 1.29 is 27.9 Å². The Bertz CT molecular complexity index is 1030. The van der Waals surface area contributed by atoms with Crippen LogP contribution in [0, 0.1) is 11.2 Å². The maximum Gasteiger partial charge on any atom is 0.223 e. The molecule has 1 amide bonds. The minimum absolute atomic E-state index is 0.141. The molecule has 2 N–H and O–H groups in total. The van der Waals surface area contributed by atoms with Crippen LogP contribution in [-0.4, -0.2) is 87.5 Å². The molecule has 2 aliphatic rings. The summed E-state index contributed by atoms with van der Waals surface area (Å²) in [7, 11) is 3.93. The van der Waals surface area contributed by atoms with E-state index < -0.39 is 0 Å². The molecular weight excluding hydrogens is 608 g/mol. The van der Waals surface area contributed by atoms with Crippen LogP contribution in [0.2, 0.25) is 5.02 Å². The molecule has 0 spiro atoms. The Morgan fingerprint density at radius 3 is 2.32 bits per heavy atom. The van der Waals surface area contributed by atoms with Gasteiger partial charge in [-0.1, -0.05) is 50.4 Å². The van der Waals surface area contributed by atoms with Crippen LogP contribution in [0.15, 0.2) is 53.4 Å². The van der Waals surface area contributed by atoms with Crippen LogP contribution in [0.3, 0.4) is 0 Å². The number of piperazine rings is 1. The summed E-state index contributed by atoms with van der Waals surface area (Å²) in [5, 5.41) is 12.8. The van der Waals surface area contributed by atoms with Crippen molar-refractivity contribution in [3.8, 4) is 0 Å². The van der Waals surface area contributed by atoms with E-state index in [2.05, 4.69) is 33.3 Å². The molecule has 250 valence electrons. The maximum atomic E-state index is 13.0. The molecule has 4 rings (SSSR count). The quantitative estimate of drug-likeness (QED) is 0.137. The van der Waals surface area contributed by atoms with Gasteiger partial charge in [0, 0.05) is 55.1 Å². The van der Waals surface area contributed by atoms with Crippen LogP contribution in [0.4, 0.5) is 8.78 Å². The Balaban J connectivity index is 0.000000326. The summed E-state index contributed by atoms with van der Waals surface area (Å²) in [5.74, 6) is 0.182. The van der Waals surface area contributed by atoms with Crippen molar-refractivity contribution in [3.63, 3.8) is 0 Å². The fourth-order valence-electron chi connectivity index (χ4n) is 4.54. The lowest BCUT2D eigenvalue weighted by Gasteiger charge is -2.34. The van der Waals surface area contributed by atoms with Gasteiger partial charge < -0.3 is 15.3 Å². The van der Waals surface area contributed by atoms with E-state index in [0.717, 1.165) is 74.5 Å². The number of carbonyl (C=O) groups excluding carboxylic acids is 1. The molecule has 44 heavy (non-hydrogen) atoms. The van der Waals surface area contributed by atoms with Crippen LogP contribution >= 0.6 is 23.6 Å². The number of alkyl halides is 1. The number of β-amino-alcohol motifs (C(OH)–C–C–N with tert-alkyl or cyclic N) is 1. The van der Waals surface area contributed by atoms with Gasteiger partial charge in [0.2, 0.25) is 5.91 Å². The number of rotatable bonds is 13. The molecule has 0 aromatic heterocycles. The topological polar surface area (TPSA) is 74.3 Å². The third-order valence-corrected chi connectivity index (χ3v) is 8.44. The minimum Gasteiger partial charge on any atom is -0.395 e. The number of hydrogen-bond acceptors (Lipinski definition) is 7. The number of benzene rings is 2. The maximum absolute atomic E-state index is 13.0. The lowest BCUT2D eigenvalue weighted by atomic mass is 10.0. The molecule has 2 aromatic rings. The lowest BCUT2D eigenvalue weighted by Crippen LogP contribution is -2.49. The zero-order valence-electron chi connectivity index (χ0n) is 27.0. The summed E-state index contributed by atoms with van der Waals surface area (Å²) in [5.41, 5.74) is 1.39. The molecule has 2 aromatic carbocycles. The number of aliphatic hydroxyl groups excluding tert-OH is 1. The minimum atomic E-state index is -0.141. The Morgan fingerprint density at radius 1 is 1.14 bits per heavy atom. The molecule has 11 heteroatoms. The largest absolute Gasteiger partial charge is 0.395 e. The Morgan fingerprint density at radius 2 is 1.80 bits per heavy atom. The first-order valence-electron chi connectivity index (χ1n) is 15.2. The van der Waals surface area contributed by atoms with Gasteiger partial charge in [0.1, 0.15) is 5.82 Å². The zero-order valence-corrected chi connectivity index (χ0v) is 28.6.